The summed E-state index contributed by atoms with van der Waals surface area (Å²) in [5.74, 6) is -1.12. The van der Waals surface area contributed by atoms with E-state index in [-0.39, 0.29) is 17.7 Å². The molecule has 0 aliphatic heterocycles. The molecule has 0 aliphatic rings. The van der Waals surface area contributed by atoms with Gasteiger partial charge >= 0.3 is 5.97 Å². The van der Waals surface area contributed by atoms with E-state index in [2.05, 4.69) is 21.2 Å². The van der Waals surface area contributed by atoms with Gasteiger partial charge in [-0.05, 0) is 36.3 Å². The number of halogens is 1. The van der Waals surface area contributed by atoms with Crippen molar-refractivity contribution in [3.8, 4) is 17.2 Å². The van der Waals surface area contributed by atoms with E-state index < -0.39 is 11.9 Å². The average Bonchev–Trinajstić information content (AvgIpc) is 3.17. The molecule has 0 bridgehead atoms. The summed E-state index contributed by atoms with van der Waals surface area (Å²) in [5, 5.41) is 14.3. The molecular weight excluding hydrogens is 464 g/mol. The minimum Gasteiger partial charge on any atom is -0.462 e. The van der Waals surface area contributed by atoms with Crippen molar-refractivity contribution in [2.45, 2.75) is 6.92 Å². The van der Waals surface area contributed by atoms with Gasteiger partial charge < -0.3 is 10.1 Å². The van der Waals surface area contributed by atoms with Gasteiger partial charge in [0.15, 0.2) is 0 Å². The number of anilines is 1. The second kappa shape index (κ2) is 10.0. The van der Waals surface area contributed by atoms with Gasteiger partial charge in [0.25, 0.3) is 5.91 Å². The average molecular weight is 481 g/mol. The van der Waals surface area contributed by atoms with Crippen molar-refractivity contribution in [1.29, 1.82) is 5.26 Å². The second-order valence-corrected chi connectivity index (χ2v) is 7.91. The maximum absolute atomic E-state index is 12.7. The van der Waals surface area contributed by atoms with Crippen LogP contribution in [-0.4, -0.2) is 18.5 Å². The molecule has 150 valence electrons. The molecule has 5 nitrogen and oxygen atoms in total. The van der Waals surface area contributed by atoms with E-state index in [4.69, 9.17) is 4.74 Å². The molecule has 3 rings (SSSR count). The van der Waals surface area contributed by atoms with Gasteiger partial charge in [0.1, 0.15) is 22.2 Å². The number of carbonyl (C=O) groups excluding carboxylic acids is 2. The number of hydrogen-bond acceptors (Lipinski definition) is 5. The van der Waals surface area contributed by atoms with Gasteiger partial charge in [0.2, 0.25) is 0 Å². The summed E-state index contributed by atoms with van der Waals surface area (Å²) >= 11 is 4.61. The first-order valence-electron chi connectivity index (χ1n) is 9.06. The number of carbonyl (C=O) groups is 2. The van der Waals surface area contributed by atoms with Crippen LogP contribution in [0.25, 0.3) is 17.2 Å². The predicted molar refractivity (Wildman–Crippen MR) is 122 cm³/mol. The van der Waals surface area contributed by atoms with Gasteiger partial charge in [0.05, 0.1) is 6.61 Å². The molecule has 1 amide bonds. The zero-order valence-corrected chi connectivity index (χ0v) is 18.4. The summed E-state index contributed by atoms with van der Waals surface area (Å²) in [6.07, 6.45) is 1.50. The van der Waals surface area contributed by atoms with Crippen molar-refractivity contribution in [2.75, 3.05) is 11.9 Å². The van der Waals surface area contributed by atoms with Crippen molar-refractivity contribution in [2.24, 2.45) is 0 Å². The zero-order valence-electron chi connectivity index (χ0n) is 16.0. The molecule has 0 saturated heterocycles. The molecule has 0 unspecified atom stereocenters. The molecular formula is C23H17BrN2O3S. The SMILES string of the molecule is CCOC(=O)c1c(-c2ccc(Br)cc2)csc1NC(=O)C(C#N)=Cc1ccccc1. The summed E-state index contributed by atoms with van der Waals surface area (Å²) in [6.45, 7) is 1.93. The Bertz CT molecular complexity index is 1130. The van der Waals surface area contributed by atoms with E-state index in [1.807, 2.05) is 48.5 Å². The van der Waals surface area contributed by atoms with Crippen LogP contribution >= 0.6 is 27.3 Å². The third kappa shape index (κ3) is 5.03. The smallest absolute Gasteiger partial charge is 0.341 e. The number of ether oxygens (including phenoxy) is 1. The van der Waals surface area contributed by atoms with Crippen LogP contribution < -0.4 is 5.32 Å². The van der Waals surface area contributed by atoms with Crippen LogP contribution in [0.2, 0.25) is 0 Å². The highest BCUT2D eigenvalue weighted by molar-refractivity contribution is 9.10. The van der Waals surface area contributed by atoms with E-state index in [1.165, 1.54) is 17.4 Å². The van der Waals surface area contributed by atoms with E-state index in [0.29, 0.717) is 10.6 Å². The number of esters is 1. The van der Waals surface area contributed by atoms with E-state index in [0.717, 1.165) is 15.6 Å². The second-order valence-electron chi connectivity index (χ2n) is 6.12. The van der Waals surface area contributed by atoms with Crippen molar-refractivity contribution in [3.05, 3.63) is 81.2 Å². The summed E-state index contributed by atoms with van der Waals surface area (Å²) in [5.41, 5.74) is 2.42. The van der Waals surface area contributed by atoms with Crippen LogP contribution in [0, 0.1) is 11.3 Å². The molecule has 0 radical (unpaired) electrons. The van der Waals surface area contributed by atoms with Crippen LogP contribution in [0.4, 0.5) is 5.00 Å². The lowest BCUT2D eigenvalue weighted by atomic mass is 10.0. The maximum Gasteiger partial charge on any atom is 0.341 e. The lowest BCUT2D eigenvalue weighted by Crippen LogP contribution is -2.16. The Morgan fingerprint density at radius 2 is 1.87 bits per heavy atom. The van der Waals surface area contributed by atoms with Crippen molar-refractivity contribution in [1.82, 2.24) is 0 Å². The third-order valence-electron chi connectivity index (χ3n) is 4.13. The van der Waals surface area contributed by atoms with Crippen LogP contribution in [0.1, 0.15) is 22.8 Å². The van der Waals surface area contributed by atoms with Gasteiger partial charge in [-0.25, -0.2) is 4.79 Å². The first-order chi connectivity index (χ1) is 14.5. The molecule has 1 N–H and O–H groups in total. The Kier molecular flexibility index (Phi) is 7.17. The molecule has 2 aromatic carbocycles. The van der Waals surface area contributed by atoms with Gasteiger partial charge in [-0.15, -0.1) is 11.3 Å². The molecule has 0 saturated carbocycles. The Labute approximate surface area is 186 Å². The minimum atomic E-state index is -0.587. The minimum absolute atomic E-state index is 0.0606. The van der Waals surface area contributed by atoms with E-state index in [9.17, 15) is 14.9 Å². The highest BCUT2D eigenvalue weighted by Gasteiger charge is 2.23. The summed E-state index contributed by atoms with van der Waals surface area (Å²) in [6, 6.07) is 18.5. The topological polar surface area (TPSA) is 79.2 Å². The van der Waals surface area contributed by atoms with Gasteiger partial charge in [-0.3, -0.25) is 4.79 Å². The molecule has 7 heteroatoms. The summed E-state index contributed by atoms with van der Waals surface area (Å²) < 4.78 is 6.12. The summed E-state index contributed by atoms with van der Waals surface area (Å²) in [4.78, 5) is 25.4. The number of nitriles is 1. The number of nitrogens with zero attached hydrogens (tertiary/aromatic N) is 1. The maximum atomic E-state index is 12.7. The highest BCUT2D eigenvalue weighted by atomic mass is 79.9. The van der Waals surface area contributed by atoms with E-state index in [1.54, 1.807) is 24.4 Å². The van der Waals surface area contributed by atoms with Gasteiger partial charge in [-0.2, -0.15) is 5.26 Å². The van der Waals surface area contributed by atoms with Gasteiger partial charge in [-0.1, -0.05) is 58.4 Å². The predicted octanol–water partition coefficient (Wildman–Crippen LogP) is 5.90. The first-order valence-corrected chi connectivity index (χ1v) is 10.7. The van der Waals surface area contributed by atoms with Crippen molar-refractivity contribution >= 4 is 50.2 Å². The Morgan fingerprint density at radius 3 is 2.50 bits per heavy atom. The fraction of sp³-hybridized carbons (Fsp3) is 0.0870. The monoisotopic (exact) mass is 480 g/mol. The number of thiophene rings is 1. The number of hydrogen-bond donors (Lipinski definition) is 1. The number of amides is 1. The molecule has 1 heterocycles. The van der Waals surface area contributed by atoms with Crippen LogP contribution in [-0.2, 0) is 9.53 Å². The van der Waals surface area contributed by atoms with Crippen molar-refractivity contribution < 1.29 is 14.3 Å². The molecule has 0 fully saturated rings. The molecule has 3 aromatic rings. The van der Waals surface area contributed by atoms with Crippen LogP contribution in [0.3, 0.4) is 0 Å². The largest absolute Gasteiger partial charge is 0.462 e. The van der Waals surface area contributed by atoms with E-state index >= 15 is 0 Å². The number of nitrogens with one attached hydrogen (secondary N) is 1. The molecule has 0 spiro atoms. The molecule has 1 aromatic heterocycles. The first kappa shape index (κ1) is 21.5. The van der Waals surface area contributed by atoms with Crippen LogP contribution in [0.5, 0.6) is 0 Å². The highest BCUT2D eigenvalue weighted by Crippen LogP contribution is 2.37. The fourth-order valence-electron chi connectivity index (χ4n) is 2.73. The quantitative estimate of drug-likeness (QED) is 0.270. The normalized spacial score (nSPS) is 10.9. The lowest BCUT2D eigenvalue weighted by Gasteiger charge is -2.09. The van der Waals surface area contributed by atoms with Gasteiger partial charge in [0, 0.05) is 15.4 Å². The molecule has 0 aliphatic carbocycles. The fourth-order valence-corrected chi connectivity index (χ4v) is 3.95. The molecule has 30 heavy (non-hydrogen) atoms. The number of rotatable bonds is 6. The van der Waals surface area contributed by atoms with Crippen molar-refractivity contribution in [3.63, 3.8) is 0 Å². The standard InChI is InChI=1S/C23H17BrN2O3S/c1-2-29-23(28)20-19(16-8-10-18(24)11-9-16)14-30-22(20)26-21(27)17(13-25)12-15-6-4-3-5-7-15/h3-12,14H,2H2,1H3,(H,26,27). The zero-order chi connectivity index (χ0) is 21.5. The lowest BCUT2D eigenvalue weighted by molar-refractivity contribution is -0.112. The number of benzene rings is 2. The Morgan fingerprint density at radius 1 is 1.17 bits per heavy atom. The third-order valence-corrected chi connectivity index (χ3v) is 5.55. The molecule has 0 atom stereocenters. The Hall–Kier alpha value is -3.21. The van der Waals surface area contributed by atoms with Crippen LogP contribution in [0.15, 0.2) is 70.0 Å². The summed E-state index contributed by atoms with van der Waals surface area (Å²) in [7, 11) is 0. The Balaban J connectivity index is 1.96.